The summed E-state index contributed by atoms with van der Waals surface area (Å²) in [5, 5.41) is 11.6. The molecular formula is C24H24F3N3O3. The van der Waals surface area contributed by atoms with Crippen LogP contribution in [0.4, 0.5) is 13.2 Å². The van der Waals surface area contributed by atoms with Gasteiger partial charge < -0.3 is 9.84 Å². The van der Waals surface area contributed by atoms with E-state index >= 15 is 0 Å². The number of nitrogens with zero attached hydrogens (tertiary/aromatic N) is 3. The molecule has 4 rings (SSSR count). The highest BCUT2D eigenvalue weighted by molar-refractivity contribution is 6.01. The number of ether oxygens (including phenoxy) is 1. The van der Waals surface area contributed by atoms with Gasteiger partial charge in [0.15, 0.2) is 0 Å². The number of alkyl halides is 3. The molecule has 0 bridgehead atoms. The molecule has 0 amide bonds. The molecule has 2 heterocycles. The van der Waals surface area contributed by atoms with Crippen molar-refractivity contribution in [1.82, 2.24) is 9.47 Å². The Morgan fingerprint density at radius 1 is 1.03 bits per heavy atom. The zero-order valence-electron chi connectivity index (χ0n) is 17.9. The van der Waals surface area contributed by atoms with Gasteiger partial charge in [-0.3, -0.25) is 14.7 Å². The lowest BCUT2D eigenvalue weighted by molar-refractivity contribution is -0.137. The smallest absolute Gasteiger partial charge is 0.418 e. The van der Waals surface area contributed by atoms with Gasteiger partial charge in [-0.15, -0.1) is 0 Å². The Morgan fingerprint density at radius 2 is 1.70 bits per heavy atom. The van der Waals surface area contributed by atoms with Gasteiger partial charge in [0, 0.05) is 43.2 Å². The lowest BCUT2D eigenvalue weighted by Crippen LogP contribution is -2.37. The maximum atomic E-state index is 13.6. The number of fused-ring (bicyclic) bond motifs is 1. The van der Waals surface area contributed by atoms with Crippen molar-refractivity contribution in [3.8, 4) is 11.6 Å². The van der Waals surface area contributed by atoms with Gasteiger partial charge in [0.2, 0.25) is 5.88 Å². The van der Waals surface area contributed by atoms with Crippen LogP contribution in [-0.4, -0.2) is 60.2 Å². The molecule has 1 aliphatic heterocycles. The van der Waals surface area contributed by atoms with E-state index in [1.807, 2.05) is 0 Å². The first-order chi connectivity index (χ1) is 15.9. The maximum absolute atomic E-state index is 13.6. The second-order valence-electron chi connectivity index (χ2n) is 7.78. The van der Waals surface area contributed by atoms with Gasteiger partial charge in [-0.25, -0.2) is 4.57 Å². The number of para-hydroxylation sites is 1. The highest BCUT2D eigenvalue weighted by Gasteiger charge is 2.34. The predicted octanol–water partition coefficient (Wildman–Crippen LogP) is 3.86. The van der Waals surface area contributed by atoms with Gasteiger partial charge in [0.05, 0.1) is 30.0 Å². The van der Waals surface area contributed by atoms with Gasteiger partial charge in [0.1, 0.15) is 0 Å². The van der Waals surface area contributed by atoms with E-state index in [-0.39, 0.29) is 10.9 Å². The topological polar surface area (TPSA) is 67.1 Å². The van der Waals surface area contributed by atoms with Crippen LogP contribution in [0.15, 0.2) is 58.3 Å². The zero-order valence-corrected chi connectivity index (χ0v) is 17.9. The summed E-state index contributed by atoms with van der Waals surface area (Å²) >= 11 is 0. The van der Waals surface area contributed by atoms with E-state index in [0.717, 1.165) is 32.1 Å². The van der Waals surface area contributed by atoms with Crippen LogP contribution in [0.3, 0.4) is 0 Å². The molecule has 1 aromatic heterocycles. The minimum absolute atomic E-state index is 0.196. The Bertz CT molecular complexity index is 1220. The maximum Gasteiger partial charge on any atom is 0.418 e. The Balaban J connectivity index is 1.71. The van der Waals surface area contributed by atoms with Gasteiger partial charge in [-0.1, -0.05) is 30.3 Å². The summed E-state index contributed by atoms with van der Waals surface area (Å²) in [7, 11) is 0. The van der Waals surface area contributed by atoms with Gasteiger partial charge in [-0.2, -0.15) is 13.2 Å². The average Bonchev–Trinajstić information content (AvgIpc) is 2.81. The van der Waals surface area contributed by atoms with Crippen molar-refractivity contribution >= 4 is 17.0 Å². The second-order valence-corrected chi connectivity index (χ2v) is 7.78. The van der Waals surface area contributed by atoms with Crippen molar-refractivity contribution in [3.05, 3.63) is 70.0 Å². The van der Waals surface area contributed by atoms with E-state index in [9.17, 15) is 23.1 Å². The average molecular weight is 459 g/mol. The largest absolute Gasteiger partial charge is 0.494 e. The molecule has 0 radical (unpaired) electrons. The van der Waals surface area contributed by atoms with E-state index in [1.165, 1.54) is 30.5 Å². The molecule has 1 saturated heterocycles. The fourth-order valence-electron chi connectivity index (χ4n) is 3.99. The number of aromatic hydroxyl groups is 1. The van der Waals surface area contributed by atoms with Crippen molar-refractivity contribution in [3.63, 3.8) is 0 Å². The Labute approximate surface area is 188 Å². The van der Waals surface area contributed by atoms with Crippen LogP contribution in [0.5, 0.6) is 5.88 Å². The highest BCUT2D eigenvalue weighted by atomic mass is 19.4. The number of morpholine rings is 1. The number of benzene rings is 2. The molecule has 6 nitrogen and oxygen atoms in total. The molecule has 0 atom stereocenters. The molecule has 1 N–H and O–H groups in total. The molecule has 1 aliphatic rings. The molecule has 9 heteroatoms. The van der Waals surface area contributed by atoms with E-state index in [2.05, 4.69) is 9.89 Å². The lowest BCUT2D eigenvalue weighted by Gasteiger charge is -2.26. The summed E-state index contributed by atoms with van der Waals surface area (Å²) in [5.41, 5.74) is -1.97. The molecule has 0 aliphatic carbocycles. The first kappa shape index (κ1) is 23.0. The molecule has 0 saturated carbocycles. The van der Waals surface area contributed by atoms with Crippen LogP contribution in [0.1, 0.15) is 17.5 Å². The quantitative estimate of drug-likeness (QED) is 0.449. The number of halogens is 3. The fourth-order valence-corrected chi connectivity index (χ4v) is 3.99. The Hall–Kier alpha value is -3.17. The Morgan fingerprint density at radius 3 is 2.42 bits per heavy atom. The molecule has 1 fully saturated rings. The predicted molar refractivity (Wildman–Crippen MR) is 121 cm³/mol. The van der Waals surface area contributed by atoms with Crippen LogP contribution in [0, 0.1) is 0 Å². The minimum Gasteiger partial charge on any atom is -0.494 e. The monoisotopic (exact) mass is 459 g/mol. The summed E-state index contributed by atoms with van der Waals surface area (Å²) < 4.78 is 46.9. The molecule has 0 spiro atoms. The van der Waals surface area contributed by atoms with Crippen LogP contribution >= 0.6 is 0 Å². The third kappa shape index (κ3) is 4.94. The second kappa shape index (κ2) is 9.76. The number of hydrogen-bond acceptors (Lipinski definition) is 5. The van der Waals surface area contributed by atoms with E-state index < -0.39 is 28.9 Å². The number of aromatic nitrogens is 1. The van der Waals surface area contributed by atoms with Crippen molar-refractivity contribution in [1.29, 1.82) is 0 Å². The van der Waals surface area contributed by atoms with Crippen LogP contribution in [0.25, 0.3) is 16.5 Å². The SMILES string of the molecule is O=c1c2ccccc2c(C=NCCCN2CCOCC2)c(O)n1-c1ccccc1C(F)(F)F. The summed E-state index contributed by atoms with van der Waals surface area (Å²) in [5.74, 6) is -0.577. The third-order valence-corrected chi connectivity index (χ3v) is 5.64. The number of aliphatic imine (C=N–C) groups is 1. The summed E-state index contributed by atoms with van der Waals surface area (Å²) in [6.07, 6.45) is -2.48. The molecular weight excluding hydrogens is 435 g/mol. The van der Waals surface area contributed by atoms with E-state index in [0.29, 0.717) is 29.7 Å². The normalized spacial score (nSPS) is 15.5. The van der Waals surface area contributed by atoms with Crippen molar-refractivity contribution in [2.24, 2.45) is 4.99 Å². The van der Waals surface area contributed by atoms with Gasteiger partial charge >= 0.3 is 6.18 Å². The highest BCUT2D eigenvalue weighted by Crippen LogP contribution is 2.35. The fraction of sp³-hybridized carbons (Fsp3) is 0.333. The van der Waals surface area contributed by atoms with Crippen molar-refractivity contribution < 1.29 is 23.0 Å². The standard InChI is InChI=1S/C24H24F3N3O3/c25-24(26,27)20-8-3-4-9-21(20)30-22(31)18-7-2-1-6-17(18)19(23(30)32)16-28-10-5-11-29-12-14-33-15-13-29/h1-4,6-9,16,32H,5,10-15H2. The summed E-state index contributed by atoms with van der Waals surface area (Å²) in [6, 6.07) is 11.2. The molecule has 33 heavy (non-hydrogen) atoms. The van der Waals surface area contributed by atoms with Gasteiger partial charge in [0.25, 0.3) is 5.56 Å². The molecule has 0 unspecified atom stereocenters. The van der Waals surface area contributed by atoms with Crippen molar-refractivity contribution in [2.75, 3.05) is 39.4 Å². The molecule has 2 aromatic carbocycles. The van der Waals surface area contributed by atoms with Crippen LogP contribution in [-0.2, 0) is 10.9 Å². The summed E-state index contributed by atoms with van der Waals surface area (Å²) in [6.45, 7) is 4.50. The first-order valence-electron chi connectivity index (χ1n) is 10.7. The van der Waals surface area contributed by atoms with E-state index in [4.69, 9.17) is 4.74 Å². The minimum atomic E-state index is -4.69. The first-order valence-corrected chi connectivity index (χ1v) is 10.7. The summed E-state index contributed by atoms with van der Waals surface area (Å²) in [4.78, 5) is 19.8. The Kier molecular flexibility index (Phi) is 6.80. The van der Waals surface area contributed by atoms with Crippen molar-refractivity contribution in [2.45, 2.75) is 12.6 Å². The van der Waals surface area contributed by atoms with Crippen LogP contribution < -0.4 is 5.56 Å². The number of rotatable bonds is 6. The lowest BCUT2D eigenvalue weighted by atomic mass is 10.1. The number of pyridine rings is 1. The molecule has 174 valence electrons. The number of hydrogen-bond donors (Lipinski definition) is 1. The zero-order chi connectivity index (χ0) is 23.4. The van der Waals surface area contributed by atoms with Crippen LogP contribution in [0.2, 0.25) is 0 Å². The van der Waals surface area contributed by atoms with E-state index in [1.54, 1.807) is 18.2 Å². The van der Waals surface area contributed by atoms with Gasteiger partial charge in [-0.05, 0) is 24.6 Å². The molecule has 3 aromatic rings. The third-order valence-electron chi connectivity index (χ3n) is 5.64.